The number of nitrogens with one attached hydrogen (secondary N) is 1. The van der Waals surface area contributed by atoms with E-state index in [0.717, 1.165) is 18.8 Å². The molecular formula is C14H19ClN2O2. The quantitative estimate of drug-likeness (QED) is 0.896. The number of amides is 1. The Balaban J connectivity index is 2.10. The number of carbonyl (C=O) groups is 1. The highest BCUT2D eigenvalue weighted by Crippen LogP contribution is 2.30. The molecule has 0 aliphatic carbocycles. The predicted octanol–water partition coefficient (Wildman–Crippen LogP) is 2.65. The number of piperidine rings is 1. The molecule has 0 bridgehead atoms. The third kappa shape index (κ3) is 3.61. The molecule has 4 nitrogen and oxygen atoms in total. The smallest absolute Gasteiger partial charge is 0.252 e. The molecule has 0 radical (unpaired) electrons. The fraction of sp³-hybridized carbons (Fsp3) is 0.500. The summed E-state index contributed by atoms with van der Waals surface area (Å²) in [4.78, 5) is 13.7. The Morgan fingerprint density at radius 3 is 2.63 bits per heavy atom. The summed E-state index contributed by atoms with van der Waals surface area (Å²) < 4.78 is 0. The summed E-state index contributed by atoms with van der Waals surface area (Å²) in [5.74, 6) is -0.429. The Morgan fingerprint density at radius 2 is 2.05 bits per heavy atom. The van der Waals surface area contributed by atoms with Gasteiger partial charge in [0.25, 0.3) is 5.91 Å². The molecule has 5 heteroatoms. The van der Waals surface area contributed by atoms with Gasteiger partial charge in [0.05, 0.1) is 10.7 Å². The first-order valence-electron chi connectivity index (χ1n) is 6.61. The maximum atomic E-state index is 11.4. The molecule has 19 heavy (non-hydrogen) atoms. The lowest BCUT2D eigenvalue weighted by molar-refractivity contribution is -0.123. The molecule has 2 N–H and O–H groups in total. The largest absolute Gasteiger partial charge is 0.384 e. The number of halogens is 1. The number of benzene rings is 1. The first-order valence-corrected chi connectivity index (χ1v) is 6.99. The highest BCUT2D eigenvalue weighted by molar-refractivity contribution is 6.33. The maximum absolute atomic E-state index is 11.4. The van der Waals surface area contributed by atoms with Gasteiger partial charge in [0.1, 0.15) is 6.10 Å². The minimum atomic E-state index is -1.03. The summed E-state index contributed by atoms with van der Waals surface area (Å²) >= 11 is 6.27. The summed E-state index contributed by atoms with van der Waals surface area (Å²) in [6.07, 6.45) is 2.63. The summed E-state index contributed by atoms with van der Waals surface area (Å²) in [7, 11) is 0. The lowest BCUT2D eigenvalue weighted by Gasteiger charge is -2.29. The highest BCUT2D eigenvalue weighted by atomic mass is 35.5. The van der Waals surface area contributed by atoms with Gasteiger partial charge in [0.15, 0.2) is 0 Å². The number of nitrogens with zero attached hydrogens (tertiary/aromatic N) is 1. The fourth-order valence-electron chi connectivity index (χ4n) is 2.22. The van der Waals surface area contributed by atoms with E-state index in [1.165, 1.54) is 26.2 Å². The van der Waals surface area contributed by atoms with E-state index >= 15 is 0 Å². The van der Waals surface area contributed by atoms with Gasteiger partial charge in [-0.2, -0.15) is 0 Å². The molecular weight excluding hydrogens is 264 g/mol. The number of hydrogen-bond acceptors (Lipinski definition) is 3. The monoisotopic (exact) mass is 282 g/mol. The Kier molecular flexibility index (Phi) is 4.66. The average molecular weight is 283 g/mol. The van der Waals surface area contributed by atoms with Crippen molar-refractivity contribution in [3.8, 4) is 0 Å². The summed E-state index contributed by atoms with van der Waals surface area (Å²) in [5.41, 5.74) is 1.62. The topological polar surface area (TPSA) is 52.6 Å². The number of aliphatic hydroxyl groups is 1. The molecule has 1 fully saturated rings. The molecule has 0 spiro atoms. The number of carbonyl (C=O) groups excluding carboxylic acids is 1. The molecule has 1 amide bonds. The van der Waals surface area contributed by atoms with Crippen molar-refractivity contribution in [1.29, 1.82) is 0 Å². The van der Waals surface area contributed by atoms with Gasteiger partial charge < -0.3 is 15.3 Å². The van der Waals surface area contributed by atoms with Gasteiger partial charge in [0.2, 0.25) is 0 Å². The van der Waals surface area contributed by atoms with Crippen LogP contribution in [0.4, 0.5) is 11.4 Å². The number of hydrogen-bond donors (Lipinski definition) is 2. The fourth-order valence-corrected chi connectivity index (χ4v) is 2.52. The van der Waals surface area contributed by atoms with Gasteiger partial charge in [-0.05, 0) is 44.4 Å². The van der Waals surface area contributed by atoms with E-state index in [4.69, 9.17) is 16.7 Å². The number of anilines is 2. The molecule has 1 aromatic carbocycles. The molecule has 1 aromatic rings. The third-order valence-corrected chi connectivity index (χ3v) is 3.59. The number of aliphatic hydroxyl groups excluding tert-OH is 1. The standard InChI is InChI=1S/C14H19ClN2O2/c1-10(18)14(19)16-11-5-6-13(12(15)9-11)17-7-3-2-4-8-17/h5-6,9-10,18H,2-4,7-8H2,1H3,(H,16,19). The molecule has 1 unspecified atom stereocenters. The zero-order chi connectivity index (χ0) is 13.8. The Morgan fingerprint density at radius 1 is 1.37 bits per heavy atom. The van der Waals surface area contributed by atoms with E-state index in [0.29, 0.717) is 10.7 Å². The van der Waals surface area contributed by atoms with Crippen molar-refractivity contribution in [2.24, 2.45) is 0 Å². The van der Waals surface area contributed by atoms with Gasteiger partial charge >= 0.3 is 0 Å². The minimum absolute atomic E-state index is 0.429. The zero-order valence-electron chi connectivity index (χ0n) is 11.0. The van der Waals surface area contributed by atoms with Crippen LogP contribution in [0, 0.1) is 0 Å². The second kappa shape index (κ2) is 6.26. The van der Waals surface area contributed by atoms with Crippen LogP contribution < -0.4 is 10.2 Å². The Bertz CT molecular complexity index is 457. The first-order chi connectivity index (χ1) is 9.08. The predicted molar refractivity (Wildman–Crippen MR) is 77.8 cm³/mol. The minimum Gasteiger partial charge on any atom is -0.384 e. The van der Waals surface area contributed by atoms with Crippen molar-refractivity contribution in [2.75, 3.05) is 23.3 Å². The van der Waals surface area contributed by atoms with Gasteiger partial charge in [-0.3, -0.25) is 4.79 Å². The van der Waals surface area contributed by atoms with Crippen molar-refractivity contribution in [2.45, 2.75) is 32.3 Å². The molecule has 1 heterocycles. The molecule has 0 aromatic heterocycles. The van der Waals surface area contributed by atoms with Crippen LogP contribution in [0.1, 0.15) is 26.2 Å². The van der Waals surface area contributed by atoms with Crippen LogP contribution in [0.25, 0.3) is 0 Å². The third-order valence-electron chi connectivity index (χ3n) is 3.29. The van der Waals surface area contributed by atoms with Crippen LogP contribution in [0.2, 0.25) is 5.02 Å². The molecule has 1 aliphatic heterocycles. The van der Waals surface area contributed by atoms with Crippen molar-refractivity contribution >= 4 is 28.9 Å². The second-order valence-corrected chi connectivity index (χ2v) is 5.29. The van der Waals surface area contributed by atoms with E-state index in [-0.39, 0.29) is 0 Å². The van der Waals surface area contributed by atoms with Crippen LogP contribution in [0.15, 0.2) is 18.2 Å². The van der Waals surface area contributed by atoms with Crippen molar-refractivity contribution in [3.05, 3.63) is 23.2 Å². The lowest BCUT2D eigenvalue weighted by Crippen LogP contribution is -2.29. The van der Waals surface area contributed by atoms with Crippen molar-refractivity contribution in [3.63, 3.8) is 0 Å². The van der Waals surface area contributed by atoms with Crippen molar-refractivity contribution < 1.29 is 9.90 Å². The molecule has 1 atom stereocenters. The Hall–Kier alpha value is -1.26. The van der Waals surface area contributed by atoms with Crippen LogP contribution in [-0.2, 0) is 4.79 Å². The summed E-state index contributed by atoms with van der Waals surface area (Å²) in [6.45, 7) is 3.48. The molecule has 1 saturated heterocycles. The van der Waals surface area contributed by atoms with E-state index in [9.17, 15) is 4.79 Å². The van der Waals surface area contributed by atoms with Gasteiger partial charge in [-0.1, -0.05) is 11.6 Å². The van der Waals surface area contributed by atoms with E-state index in [1.807, 2.05) is 12.1 Å². The van der Waals surface area contributed by atoms with Gasteiger partial charge in [0, 0.05) is 18.8 Å². The summed E-state index contributed by atoms with van der Waals surface area (Å²) in [5, 5.41) is 12.4. The second-order valence-electron chi connectivity index (χ2n) is 4.88. The van der Waals surface area contributed by atoms with E-state index in [2.05, 4.69) is 10.2 Å². The van der Waals surface area contributed by atoms with E-state index in [1.54, 1.807) is 6.07 Å². The van der Waals surface area contributed by atoms with Crippen LogP contribution >= 0.6 is 11.6 Å². The average Bonchev–Trinajstić information content (AvgIpc) is 2.39. The first kappa shape index (κ1) is 14.2. The SMILES string of the molecule is CC(O)C(=O)Nc1ccc(N2CCCCC2)c(Cl)c1. The van der Waals surface area contributed by atoms with Gasteiger partial charge in [-0.15, -0.1) is 0 Å². The van der Waals surface area contributed by atoms with Crippen LogP contribution in [-0.4, -0.2) is 30.2 Å². The number of rotatable bonds is 3. The normalized spacial score (nSPS) is 17.1. The van der Waals surface area contributed by atoms with Gasteiger partial charge in [-0.25, -0.2) is 0 Å². The molecule has 1 aliphatic rings. The maximum Gasteiger partial charge on any atom is 0.252 e. The van der Waals surface area contributed by atoms with Crippen LogP contribution in [0.5, 0.6) is 0 Å². The Labute approximate surface area is 118 Å². The van der Waals surface area contributed by atoms with Crippen molar-refractivity contribution in [1.82, 2.24) is 0 Å². The van der Waals surface area contributed by atoms with E-state index < -0.39 is 12.0 Å². The zero-order valence-corrected chi connectivity index (χ0v) is 11.8. The molecule has 104 valence electrons. The highest BCUT2D eigenvalue weighted by Gasteiger charge is 2.15. The summed E-state index contributed by atoms with van der Waals surface area (Å²) in [6, 6.07) is 5.47. The molecule has 2 rings (SSSR count). The molecule has 0 saturated carbocycles. The lowest BCUT2D eigenvalue weighted by atomic mass is 10.1. The van der Waals surface area contributed by atoms with Crippen LogP contribution in [0.3, 0.4) is 0 Å².